The van der Waals surface area contributed by atoms with Crippen molar-refractivity contribution in [2.24, 2.45) is 0 Å². The molecular formula is C12H17N. The first-order valence-corrected chi connectivity index (χ1v) is 5.18. The Labute approximate surface area is 80.2 Å². The highest BCUT2D eigenvalue weighted by Gasteiger charge is 2.15. The Morgan fingerprint density at radius 2 is 2.31 bits per heavy atom. The second-order valence-electron chi connectivity index (χ2n) is 3.99. The van der Waals surface area contributed by atoms with E-state index in [1.807, 2.05) is 0 Å². The predicted octanol–water partition coefficient (Wildman–Crippen LogP) is 3.00. The van der Waals surface area contributed by atoms with E-state index in [0.29, 0.717) is 6.04 Å². The van der Waals surface area contributed by atoms with Gasteiger partial charge in [0.15, 0.2) is 0 Å². The van der Waals surface area contributed by atoms with E-state index in [2.05, 4.69) is 37.4 Å². The molecule has 0 bridgehead atoms. The van der Waals surface area contributed by atoms with Gasteiger partial charge in [0.05, 0.1) is 0 Å². The number of nitrogens with one attached hydrogen (secondary N) is 1. The highest BCUT2D eigenvalue weighted by molar-refractivity contribution is 5.57. The molecule has 1 aromatic carbocycles. The molecule has 1 atom stereocenters. The van der Waals surface area contributed by atoms with E-state index in [1.165, 1.54) is 36.1 Å². The molecule has 13 heavy (non-hydrogen) atoms. The van der Waals surface area contributed by atoms with Gasteiger partial charge < -0.3 is 5.32 Å². The summed E-state index contributed by atoms with van der Waals surface area (Å²) in [5.41, 5.74) is 4.32. The minimum absolute atomic E-state index is 0.617. The zero-order chi connectivity index (χ0) is 9.26. The lowest BCUT2D eigenvalue weighted by Gasteiger charge is -2.03. The van der Waals surface area contributed by atoms with Gasteiger partial charge >= 0.3 is 0 Å². The molecule has 0 saturated carbocycles. The van der Waals surface area contributed by atoms with Gasteiger partial charge in [-0.2, -0.15) is 0 Å². The first-order chi connectivity index (χ1) is 6.29. The zero-order valence-corrected chi connectivity index (χ0v) is 8.43. The topological polar surface area (TPSA) is 12.0 Å². The molecule has 0 amide bonds. The zero-order valence-electron chi connectivity index (χ0n) is 8.43. The number of hydrogen-bond donors (Lipinski definition) is 1. The molecule has 1 N–H and O–H groups in total. The second kappa shape index (κ2) is 3.41. The van der Waals surface area contributed by atoms with Gasteiger partial charge in [-0.05, 0) is 37.0 Å². The fourth-order valence-corrected chi connectivity index (χ4v) is 2.05. The molecule has 0 radical (unpaired) electrons. The molecule has 0 aliphatic carbocycles. The molecule has 0 spiro atoms. The Hall–Kier alpha value is -0.980. The molecule has 2 rings (SSSR count). The Kier molecular flexibility index (Phi) is 2.26. The van der Waals surface area contributed by atoms with Gasteiger partial charge in [-0.25, -0.2) is 0 Å². The molecule has 0 aromatic heterocycles. The van der Waals surface area contributed by atoms with Crippen molar-refractivity contribution < 1.29 is 0 Å². The molecule has 1 heterocycles. The van der Waals surface area contributed by atoms with Crippen LogP contribution in [0.3, 0.4) is 0 Å². The molecule has 1 aromatic rings. The van der Waals surface area contributed by atoms with Gasteiger partial charge in [-0.15, -0.1) is 0 Å². The van der Waals surface area contributed by atoms with Crippen molar-refractivity contribution in [1.82, 2.24) is 0 Å². The molecule has 0 unspecified atom stereocenters. The first-order valence-electron chi connectivity index (χ1n) is 5.18. The smallest absolute Gasteiger partial charge is 0.0375 e. The minimum Gasteiger partial charge on any atom is -0.382 e. The number of benzene rings is 1. The lowest BCUT2D eigenvalue weighted by molar-refractivity contribution is 0.837. The first kappa shape index (κ1) is 8.61. The quantitative estimate of drug-likeness (QED) is 0.728. The largest absolute Gasteiger partial charge is 0.382 e. The number of rotatable bonds is 2. The maximum absolute atomic E-state index is 3.47. The van der Waals surface area contributed by atoms with Crippen molar-refractivity contribution in [2.45, 2.75) is 39.2 Å². The highest BCUT2D eigenvalue weighted by Crippen LogP contribution is 2.26. The minimum atomic E-state index is 0.617. The second-order valence-corrected chi connectivity index (χ2v) is 3.99. The van der Waals surface area contributed by atoms with Crippen LogP contribution in [0.5, 0.6) is 0 Å². The molecule has 0 fully saturated rings. The maximum atomic E-state index is 3.47. The van der Waals surface area contributed by atoms with Crippen LogP contribution >= 0.6 is 0 Å². The van der Waals surface area contributed by atoms with Crippen molar-refractivity contribution in [3.63, 3.8) is 0 Å². The summed E-state index contributed by atoms with van der Waals surface area (Å²) in [4.78, 5) is 0. The van der Waals surface area contributed by atoms with Gasteiger partial charge in [0, 0.05) is 11.7 Å². The van der Waals surface area contributed by atoms with Gasteiger partial charge in [-0.3, -0.25) is 0 Å². The molecular weight excluding hydrogens is 158 g/mol. The summed E-state index contributed by atoms with van der Waals surface area (Å²) in [6, 6.07) is 7.44. The van der Waals surface area contributed by atoms with Crippen molar-refractivity contribution in [2.75, 3.05) is 5.32 Å². The third-order valence-corrected chi connectivity index (χ3v) is 2.64. The Balaban J connectivity index is 2.24. The van der Waals surface area contributed by atoms with Crippen LogP contribution in [0.25, 0.3) is 0 Å². The Morgan fingerprint density at radius 1 is 1.46 bits per heavy atom. The summed E-state index contributed by atoms with van der Waals surface area (Å²) in [5.74, 6) is 0. The average Bonchev–Trinajstić information content (AvgIpc) is 2.44. The fraction of sp³-hybridized carbons (Fsp3) is 0.500. The SMILES string of the molecule is CCCc1ccc2c(c1)C[C@@H](C)N2. The maximum Gasteiger partial charge on any atom is 0.0375 e. The summed E-state index contributed by atoms with van der Waals surface area (Å²) in [6.07, 6.45) is 3.64. The van der Waals surface area contributed by atoms with Crippen molar-refractivity contribution in [3.8, 4) is 0 Å². The molecule has 0 saturated heterocycles. The molecule has 1 aliphatic heterocycles. The summed E-state index contributed by atoms with van der Waals surface area (Å²) in [5, 5.41) is 3.47. The van der Waals surface area contributed by atoms with E-state index in [4.69, 9.17) is 0 Å². The van der Waals surface area contributed by atoms with Gasteiger partial charge in [0.2, 0.25) is 0 Å². The van der Waals surface area contributed by atoms with E-state index >= 15 is 0 Å². The van der Waals surface area contributed by atoms with Crippen LogP contribution in [0.2, 0.25) is 0 Å². The van der Waals surface area contributed by atoms with Crippen LogP contribution in [0.4, 0.5) is 5.69 Å². The summed E-state index contributed by atoms with van der Waals surface area (Å²) >= 11 is 0. The van der Waals surface area contributed by atoms with Crippen LogP contribution in [-0.2, 0) is 12.8 Å². The lowest BCUT2D eigenvalue weighted by Crippen LogP contribution is -2.08. The number of hydrogen-bond acceptors (Lipinski definition) is 1. The van der Waals surface area contributed by atoms with Crippen molar-refractivity contribution in [1.29, 1.82) is 0 Å². The van der Waals surface area contributed by atoms with Crippen molar-refractivity contribution >= 4 is 5.69 Å². The average molecular weight is 175 g/mol. The van der Waals surface area contributed by atoms with E-state index in [-0.39, 0.29) is 0 Å². The van der Waals surface area contributed by atoms with E-state index in [0.717, 1.165) is 0 Å². The number of aryl methyl sites for hydroxylation is 1. The standard InChI is InChI=1S/C12H17N/c1-3-4-10-5-6-12-11(8-10)7-9(2)13-12/h5-6,8-9,13H,3-4,7H2,1-2H3/t9-/m1/s1. The third kappa shape index (κ3) is 1.69. The summed E-state index contributed by atoms with van der Waals surface area (Å²) in [6.45, 7) is 4.47. The molecule has 1 aliphatic rings. The molecule has 1 nitrogen and oxygen atoms in total. The van der Waals surface area contributed by atoms with Gasteiger partial charge in [0.1, 0.15) is 0 Å². The van der Waals surface area contributed by atoms with Gasteiger partial charge in [0.25, 0.3) is 0 Å². The molecule has 1 heteroatoms. The summed E-state index contributed by atoms with van der Waals surface area (Å²) in [7, 11) is 0. The highest BCUT2D eigenvalue weighted by atomic mass is 14.9. The summed E-state index contributed by atoms with van der Waals surface area (Å²) < 4.78 is 0. The monoisotopic (exact) mass is 175 g/mol. The lowest BCUT2D eigenvalue weighted by atomic mass is 10.0. The van der Waals surface area contributed by atoms with Crippen molar-refractivity contribution in [3.05, 3.63) is 29.3 Å². The van der Waals surface area contributed by atoms with Crippen LogP contribution in [-0.4, -0.2) is 6.04 Å². The van der Waals surface area contributed by atoms with Crippen LogP contribution in [0, 0.1) is 0 Å². The van der Waals surface area contributed by atoms with Crippen LogP contribution in [0.1, 0.15) is 31.4 Å². The van der Waals surface area contributed by atoms with E-state index < -0.39 is 0 Å². The number of anilines is 1. The number of fused-ring (bicyclic) bond motifs is 1. The third-order valence-electron chi connectivity index (χ3n) is 2.64. The fourth-order valence-electron chi connectivity index (χ4n) is 2.05. The van der Waals surface area contributed by atoms with Gasteiger partial charge in [-0.1, -0.05) is 25.5 Å². The predicted molar refractivity (Wildman–Crippen MR) is 57.2 cm³/mol. The van der Waals surface area contributed by atoms with Crippen LogP contribution < -0.4 is 5.32 Å². The van der Waals surface area contributed by atoms with E-state index in [1.54, 1.807) is 0 Å². The molecule has 70 valence electrons. The normalized spacial score (nSPS) is 19.7. The Bertz CT molecular complexity index is 304. The Morgan fingerprint density at radius 3 is 3.08 bits per heavy atom. The van der Waals surface area contributed by atoms with Crippen LogP contribution in [0.15, 0.2) is 18.2 Å². The van der Waals surface area contributed by atoms with E-state index in [9.17, 15) is 0 Å².